The minimum Gasteiger partial charge on any atom is -0.476 e. The molecule has 116 valence electrons. The van der Waals surface area contributed by atoms with Gasteiger partial charge < -0.3 is 5.11 Å². The lowest BCUT2D eigenvalue weighted by Gasteiger charge is -2.29. The number of aromatic carboxylic acids is 1. The summed E-state index contributed by atoms with van der Waals surface area (Å²) in [4.78, 5) is 13.5. The van der Waals surface area contributed by atoms with Gasteiger partial charge in [0.05, 0.1) is 5.69 Å². The van der Waals surface area contributed by atoms with E-state index in [2.05, 4.69) is 34.3 Å². The lowest BCUT2D eigenvalue weighted by molar-refractivity contribution is 0.0689. The first-order chi connectivity index (χ1) is 10.5. The minimum atomic E-state index is -0.968. The van der Waals surface area contributed by atoms with Crippen LogP contribution in [-0.2, 0) is 19.5 Å². The molecule has 2 heterocycles. The third-order valence-electron chi connectivity index (χ3n) is 4.12. The van der Waals surface area contributed by atoms with Gasteiger partial charge in [0.25, 0.3) is 0 Å². The maximum atomic E-state index is 11.2. The summed E-state index contributed by atoms with van der Waals surface area (Å²) < 4.78 is 1.82. The van der Waals surface area contributed by atoms with Crippen LogP contribution in [0.15, 0.2) is 30.3 Å². The molecule has 3 rings (SSSR count). The molecule has 1 aromatic heterocycles. The Kier molecular flexibility index (Phi) is 3.98. The quantitative estimate of drug-likeness (QED) is 0.943. The largest absolute Gasteiger partial charge is 0.476 e. The number of fused-ring (bicyclic) bond motifs is 1. The number of benzene rings is 1. The van der Waals surface area contributed by atoms with Gasteiger partial charge in [0, 0.05) is 25.7 Å². The van der Waals surface area contributed by atoms with Crippen LogP contribution >= 0.6 is 0 Å². The summed E-state index contributed by atoms with van der Waals surface area (Å²) in [7, 11) is 0. The number of carboxylic acid groups (broad SMARTS) is 1. The number of hydrogen-bond donors (Lipinski definition) is 1. The summed E-state index contributed by atoms with van der Waals surface area (Å²) in [6, 6.07) is 10.4. The topological polar surface area (TPSA) is 58.4 Å². The van der Waals surface area contributed by atoms with Crippen molar-refractivity contribution < 1.29 is 9.90 Å². The zero-order valence-corrected chi connectivity index (χ0v) is 13.0. The molecule has 22 heavy (non-hydrogen) atoms. The van der Waals surface area contributed by atoms with E-state index in [1.54, 1.807) is 6.07 Å². The molecule has 1 aliphatic rings. The average molecular weight is 299 g/mol. The van der Waals surface area contributed by atoms with Crippen molar-refractivity contribution in [2.45, 2.75) is 39.4 Å². The monoisotopic (exact) mass is 299 g/mol. The van der Waals surface area contributed by atoms with Gasteiger partial charge in [-0.1, -0.05) is 24.3 Å². The average Bonchev–Trinajstić information content (AvgIpc) is 2.91. The van der Waals surface area contributed by atoms with Crippen LogP contribution in [0.5, 0.6) is 0 Å². The standard InChI is InChI=1S/C17H21N3O2/c1-12(2)20-15(9-16(18-20)17(21)22)11-19-8-7-13-5-3-4-6-14(13)10-19/h3-6,9,12H,7-8,10-11H2,1-2H3,(H,21,22). The van der Waals surface area contributed by atoms with Crippen LogP contribution in [-0.4, -0.2) is 32.3 Å². The van der Waals surface area contributed by atoms with Crippen molar-refractivity contribution in [3.63, 3.8) is 0 Å². The van der Waals surface area contributed by atoms with Crippen LogP contribution in [0.1, 0.15) is 47.2 Å². The van der Waals surface area contributed by atoms with Gasteiger partial charge in [0.1, 0.15) is 0 Å². The Morgan fingerprint density at radius 3 is 2.73 bits per heavy atom. The van der Waals surface area contributed by atoms with Crippen LogP contribution in [0.25, 0.3) is 0 Å². The van der Waals surface area contributed by atoms with Crippen molar-refractivity contribution in [2.24, 2.45) is 0 Å². The van der Waals surface area contributed by atoms with Gasteiger partial charge in [0.2, 0.25) is 0 Å². The summed E-state index contributed by atoms with van der Waals surface area (Å²) in [5.41, 5.74) is 3.87. The first kappa shape index (κ1) is 14.8. The predicted octanol–water partition coefficient (Wildman–Crippen LogP) is 2.72. The minimum absolute atomic E-state index is 0.126. The number of hydrogen-bond acceptors (Lipinski definition) is 3. The molecule has 0 bridgehead atoms. The molecule has 1 aromatic carbocycles. The highest BCUT2D eigenvalue weighted by Gasteiger charge is 2.20. The Balaban J connectivity index is 1.80. The summed E-state index contributed by atoms with van der Waals surface area (Å²) in [5, 5.41) is 13.4. The van der Waals surface area contributed by atoms with Crippen molar-refractivity contribution in [1.29, 1.82) is 0 Å². The molecule has 0 fully saturated rings. The smallest absolute Gasteiger partial charge is 0.356 e. The molecular formula is C17H21N3O2. The van der Waals surface area contributed by atoms with E-state index < -0.39 is 5.97 Å². The van der Waals surface area contributed by atoms with E-state index in [9.17, 15) is 4.79 Å². The van der Waals surface area contributed by atoms with Gasteiger partial charge in [-0.3, -0.25) is 9.58 Å². The van der Waals surface area contributed by atoms with E-state index in [1.165, 1.54) is 11.1 Å². The zero-order valence-electron chi connectivity index (χ0n) is 13.0. The first-order valence-electron chi connectivity index (χ1n) is 7.65. The Morgan fingerprint density at radius 1 is 1.32 bits per heavy atom. The molecule has 0 atom stereocenters. The van der Waals surface area contributed by atoms with E-state index in [4.69, 9.17) is 5.11 Å². The highest BCUT2D eigenvalue weighted by atomic mass is 16.4. The Morgan fingerprint density at radius 2 is 2.05 bits per heavy atom. The van der Waals surface area contributed by atoms with Crippen molar-refractivity contribution >= 4 is 5.97 Å². The van der Waals surface area contributed by atoms with Gasteiger partial charge in [-0.2, -0.15) is 5.10 Å². The van der Waals surface area contributed by atoms with E-state index >= 15 is 0 Å². The summed E-state index contributed by atoms with van der Waals surface area (Å²) in [6.07, 6.45) is 1.04. The molecule has 5 nitrogen and oxygen atoms in total. The van der Waals surface area contributed by atoms with Gasteiger partial charge in [-0.05, 0) is 37.5 Å². The van der Waals surface area contributed by atoms with E-state index in [1.807, 2.05) is 18.5 Å². The maximum absolute atomic E-state index is 11.2. The molecule has 0 amide bonds. The number of aromatic nitrogens is 2. The Bertz CT molecular complexity index is 691. The number of carboxylic acids is 1. The SMILES string of the molecule is CC(C)n1nc(C(=O)O)cc1CN1CCc2ccccc2C1. The third-order valence-corrected chi connectivity index (χ3v) is 4.12. The maximum Gasteiger partial charge on any atom is 0.356 e. The second kappa shape index (κ2) is 5.93. The fraction of sp³-hybridized carbons (Fsp3) is 0.412. The van der Waals surface area contributed by atoms with Crippen molar-refractivity contribution in [1.82, 2.24) is 14.7 Å². The van der Waals surface area contributed by atoms with Crippen LogP contribution in [0.4, 0.5) is 0 Å². The number of rotatable bonds is 4. The summed E-state index contributed by atoms with van der Waals surface area (Å²) in [5.74, 6) is -0.968. The van der Waals surface area contributed by atoms with Crippen molar-refractivity contribution in [2.75, 3.05) is 6.54 Å². The molecule has 0 unspecified atom stereocenters. The molecule has 5 heteroatoms. The van der Waals surface area contributed by atoms with Gasteiger partial charge in [-0.15, -0.1) is 0 Å². The molecule has 0 spiro atoms. The lowest BCUT2D eigenvalue weighted by atomic mass is 10.00. The fourth-order valence-corrected chi connectivity index (χ4v) is 3.02. The molecule has 0 aliphatic carbocycles. The summed E-state index contributed by atoms with van der Waals surface area (Å²) >= 11 is 0. The third kappa shape index (κ3) is 2.90. The van der Waals surface area contributed by atoms with E-state index in [0.29, 0.717) is 0 Å². The highest BCUT2D eigenvalue weighted by Crippen LogP contribution is 2.21. The fourth-order valence-electron chi connectivity index (χ4n) is 3.02. The second-order valence-corrected chi connectivity index (χ2v) is 6.09. The molecule has 0 radical (unpaired) electrons. The van der Waals surface area contributed by atoms with Gasteiger partial charge in [-0.25, -0.2) is 4.79 Å². The van der Waals surface area contributed by atoms with Crippen molar-refractivity contribution in [3.05, 3.63) is 52.8 Å². The highest BCUT2D eigenvalue weighted by molar-refractivity contribution is 5.85. The van der Waals surface area contributed by atoms with E-state index in [0.717, 1.165) is 31.7 Å². The van der Waals surface area contributed by atoms with Crippen LogP contribution in [0, 0.1) is 0 Å². The van der Waals surface area contributed by atoms with Crippen LogP contribution in [0.3, 0.4) is 0 Å². The first-order valence-corrected chi connectivity index (χ1v) is 7.65. The molecule has 2 aromatic rings. The Hall–Kier alpha value is -2.14. The normalized spacial score (nSPS) is 15.0. The molecule has 1 aliphatic heterocycles. The summed E-state index contributed by atoms with van der Waals surface area (Å²) in [6.45, 7) is 6.67. The second-order valence-electron chi connectivity index (χ2n) is 6.09. The predicted molar refractivity (Wildman–Crippen MR) is 83.8 cm³/mol. The molecular weight excluding hydrogens is 278 g/mol. The molecule has 0 saturated carbocycles. The Labute approximate surface area is 130 Å². The number of nitrogens with zero attached hydrogens (tertiary/aromatic N) is 3. The van der Waals surface area contributed by atoms with E-state index in [-0.39, 0.29) is 11.7 Å². The number of carbonyl (C=O) groups is 1. The van der Waals surface area contributed by atoms with Gasteiger partial charge in [0.15, 0.2) is 5.69 Å². The lowest BCUT2D eigenvalue weighted by Crippen LogP contribution is -2.31. The molecule has 0 saturated heterocycles. The van der Waals surface area contributed by atoms with Crippen molar-refractivity contribution in [3.8, 4) is 0 Å². The zero-order chi connectivity index (χ0) is 15.7. The van der Waals surface area contributed by atoms with Crippen LogP contribution in [0.2, 0.25) is 0 Å². The van der Waals surface area contributed by atoms with Gasteiger partial charge >= 0.3 is 5.97 Å². The molecule has 1 N–H and O–H groups in total. The van der Waals surface area contributed by atoms with Crippen LogP contribution < -0.4 is 0 Å².